The Morgan fingerprint density at radius 3 is 2.17 bits per heavy atom. The molecule has 1 unspecified atom stereocenters. The first-order valence-corrected chi connectivity index (χ1v) is 17.4. The van der Waals surface area contributed by atoms with Gasteiger partial charge in [-0.25, -0.2) is 0 Å². The molecule has 266 valence electrons. The zero-order chi connectivity index (χ0) is 36.0. The van der Waals surface area contributed by atoms with Crippen molar-refractivity contribution < 1.29 is 24.1 Å². The zero-order valence-corrected chi connectivity index (χ0v) is 31.7. The van der Waals surface area contributed by atoms with Crippen molar-refractivity contribution >= 4 is 5.78 Å². The maximum atomic E-state index is 12.1. The molecule has 6 nitrogen and oxygen atoms in total. The average Bonchev–Trinajstić information content (AvgIpc) is 2.99. The number of hydrogen-bond acceptors (Lipinski definition) is 6. The van der Waals surface area contributed by atoms with Crippen molar-refractivity contribution in [1.29, 1.82) is 0 Å². The largest absolute Gasteiger partial charge is 0.493 e. The molecule has 0 radical (unpaired) electrons. The molecule has 2 N–H and O–H groups in total. The van der Waals surface area contributed by atoms with E-state index < -0.39 is 0 Å². The highest BCUT2D eigenvalue weighted by Gasteiger charge is 2.22. The fourth-order valence-corrected chi connectivity index (χ4v) is 4.78. The van der Waals surface area contributed by atoms with Crippen LogP contribution in [-0.4, -0.2) is 48.9 Å². The molecule has 0 amide bonds. The fourth-order valence-electron chi connectivity index (χ4n) is 4.78. The molecule has 1 aliphatic rings. The summed E-state index contributed by atoms with van der Waals surface area (Å²) in [5.41, 5.74) is 4.21. The molecule has 0 spiro atoms. The van der Waals surface area contributed by atoms with Crippen molar-refractivity contribution in [2.24, 2.45) is 5.92 Å². The molecule has 1 aliphatic carbocycles. The molecular formula is C41H67NO5. The van der Waals surface area contributed by atoms with E-state index in [0.717, 1.165) is 79.0 Å². The van der Waals surface area contributed by atoms with Gasteiger partial charge < -0.3 is 24.6 Å². The number of benzene rings is 2. The summed E-state index contributed by atoms with van der Waals surface area (Å²) in [6.07, 6.45) is 8.23. The van der Waals surface area contributed by atoms with Gasteiger partial charge in [-0.15, -0.1) is 6.58 Å². The number of allylic oxidation sites excluding steroid dienone is 1. The summed E-state index contributed by atoms with van der Waals surface area (Å²) in [6, 6.07) is 12.0. The van der Waals surface area contributed by atoms with Crippen LogP contribution in [0.25, 0.3) is 0 Å². The van der Waals surface area contributed by atoms with E-state index in [0.29, 0.717) is 18.9 Å². The van der Waals surface area contributed by atoms with Crippen molar-refractivity contribution in [3.63, 3.8) is 0 Å². The van der Waals surface area contributed by atoms with Crippen LogP contribution < -0.4 is 14.8 Å². The molecule has 47 heavy (non-hydrogen) atoms. The van der Waals surface area contributed by atoms with Crippen molar-refractivity contribution in [1.82, 2.24) is 5.32 Å². The first-order valence-electron chi connectivity index (χ1n) is 17.4. The minimum Gasteiger partial charge on any atom is -0.493 e. The lowest BCUT2D eigenvalue weighted by Gasteiger charge is -2.22. The van der Waals surface area contributed by atoms with E-state index in [1.807, 2.05) is 92.8 Å². The van der Waals surface area contributed by atoms with Gasteiger partial charge in [0, 0.05) is 24.2 Å². The molecule has 0 aliphatic heterocycles. The van der Waals surface area contributed by atoms with Crippen LogP contribution in [0.1, 0.15) is 121 Å². The van der Waals surface area contributed by atoms with Crippen LogP contribution in [-0.2, 0) is 17.6 Å². The topological polar surface area (TPSA) is 77.0 Å². The lowest BCUT2D eigenvalue weighted by atomic mass is 9.86. The van der Waals surface area contributed by atoms with Gasteiger partial charge in [-0.2, -0.15) is 0 Å². The van der Waals surface area contributed by atoms with Gasteiger partial charge in [-0.3, -0.25) is 4.79 Å². The minimum atomic E-state index is -0.117. The lowest BCUT2D eigenvalue weighted by molar-refractivity contribution is 0.0504. The number of nitrogens with one attached hydrogen (secondary N) is 1. The molecule has 0 fully saturated rings. The number of hydrogen-bond donors (Lipinski definition) is 2. The van der Waals surface area contributed by atoms with Gasteiger partial charge in [0.05, 0.1) is 13.2 Å². The normalized spacial score (nSPS) is 12.8. The molecule has 2 aromatic rings. The molecule has 2 aromatic carbocycles. The number of rotatable bonds is 13. The lowest BCUT2D eigenvalue weighted by Crippen LogP contribution is -2.22. The second-order valence-corrected chi connectivity index (χ2v) is 13.8. The van der Waals surface area contributed by atoms with Crippen molar-refractivity contribution in [2.75, 3.05) is 26.8 Å². The monoisotopic (exact) mass is 654 g/mol. The molecule has 0 heterocycles. The standard InChI is InChI=1S/C20H28O3.C11H16O.C8H17NO.C2H6/c1-3-7-18-16-9-6-10-19(22)17(16)11-12-20(18)23-13-5-4-8-15(2)14-21;1-9-5-7-10(8-6-9)12-11(2,3)4;1-7(6-9-5)10-8(2,3)4;1-2/h3,11-12,15,21H,1,4-10,13-14H2,2H3;5-8H,1-4H3;9H,1,6H2,2-5H3;1-2H3. The van der Waals surface area contributed by atoms with Gasteiger partial charge in [0.15, 0.2) is 5.78 Å². The molecule has 3 rings (SSSR count). The SMILES string of the molecule is C=C(CNC)OC(C)(C)C.C=CCc1c(OCCCCC(C)CO)ccc2c1CCCC2=O.CC.Cc1ccc(OC(C)(C)C)cc1. The van der Waals surface area contributed by atoms with Crippen molar-refractivity contribution in [3.05, 3.63) is 83.6 Å². The van der Waals surface area contributed by atoms with E-state index in [9.17, 15) is 4.79 Å². The van der Waals surface area contributed by atoms with Gasteiger partial charge in [0.1, 0.15) is 28.5 Å². The van der Waals surface area contributed by atoms with Crippen LogP contribution in [0, 0.1) is 12.8 Å². The Morgan fingerprint density at radius 2 is 1.64 bits per heavy atom. The number of aryl methyl sites for hydroxylation is 1. The van der Waals surface area contributed by atoms with E-state index in [2.05, 4.69) is 44.5 Å². The maximum absolute atomic E-state index is 12.1. The van der Waals surface area contributed by atoms with E-state index in [-0.39, 0.29) is 23.6 Å². The number of likely N-dealkylation sites (N-methyl/N-ethyl adjacent to an activating group) is 1. The maximum Gasteiger partial charge on any atom is 0.163 e. The molecular weight excluding hydrogens is 586 g/mol. The smallest absolute Gasteiger partial charge is 0.163 e. The number of ether oxygens (including phenoxy) is 3. The Kier molecular flexibility index (Phi) is 21.7. The number of aliphatic hydroxyl groups is 1. The number of Topliss-reactive ketones (excluding diaryl/α,β-unsaturated/α-hetero) is 1. The third-order valence-corrected chi connectivity index (χ3v) is 6.80. The number of ketones is 1. The molecule has 0 bridgehead atoms. The van der Waals surface area contributed by atoms with Crippen LogP contribution >= 0.6 is 0 Å². The summed E-state index contributed by atoms with van der Waals surface area (Å²) in [7, 11) is 1.87. The predicted octanol–water partition coefficient (Wildman–Crippen LogP) is 9.84. The fraction of sp³-hybridized carbons (Fsp3) is 0.585. The Morgan fingerprint density at radius 1 is 1.00 bits per heavy atom. The van der Waals surface area contributed by atoms with Crippen LogP contribution in [0.3, 0.4) is 0 Å². The van der Waals surface area contributed by atoms with Crippen molar-refractivity contribution in [2.45, 2.75) is 125 Å². The zero-order valence-electron chi connectivity index (χ0n) is 31.7. The molecule has 1 atom stereocenters. The number of unbranched alkanes of at least 4 members (excludes halogenated alkanes) is 1. The Bertz CT molecular complexity index is 1170. The average molecular weight is 654 g/mol. The highest BCUT2D eigenvalue weighted by Crippen LogP contribution is 2.32. The number of aliphatic hydroxyl groups excluding tert-OH is 1. The van der Waals surface area contributed by atoms with E-state index in [1.165, 1.54) is 5.56 Å². The second kappa shape index (κ2) is 23.3. The Labute approximate surface area is 288 Å². The third-order valence-electron chi connectivity index (χ3n) is 6.80. The van der Waals surface area contributed by atoms with Gasteiger partial charge in [0.25, 0.3) is 0 Å². The summed E-state index contributed by atoms with van der Waals surface area (Å²) >= 11 is 0. The molecule has 0 saturated carbocycles. The van der Waals surface area contributed by atoms with E-state index in [1.54, 1.807) is 0 Å². The third kappa shape index (κ3) is 20.0. The Balaban J connectivity index is 0.000000740. The summed E-state index contributed by atoms with van der Waals surface area (Å²) in [4.78, 5) is 12.1. The highest BCUT2D eigenvalue weighted by atomic mass is 16.5. The summed E-state index contributed by atoms with van der Waals surface area (Å²) in [5, 5.41) is 12.0. The first kappa shape index (κ1) is 43.9. The summed E-state index contributed by atoms with van der Waals surface area (Å²) in [6.45, 7) is 29.5. The molecule has 0 aromatic heterocycles. The van der Waals surface area contributed by atoms with Gasteiger partial charge >= 0.3 is 0 Å². The number of fused-ring (bicyclic) bond motifs is 1. The quantitative estimate of drug-likeness (QED) is 0.127. The highest BCUT2D eigenvalue weighted by molar-refractivity contribution is 5.99. The van der Waals surface area contributed by atoms with Gasteiger partial charge in [-0.05, 0) is 130 Å². The molecule has 0 saturated heterocycles. The van der Waals surface area contributed by atoms with Gasteiger partial charge in [-0.1, -0.05) is 51.1 Å². The first-order chi connectivity index (χ1) is 22.1. The van der Waals surface area contributed by atoms with Crippen LogP contribution in [0.4, 0.5) is 0 Å². The van der Waals surface area contributed by atoms with Gasteiger partial charge in [0.2, 0.25) is 0 Å². The van der Waals surface area contributed by atoms with Crippen LogP contribution in [0.2, 0.25) is 0 Å². The predicted molar refractivity (Wildman–Crippen MR) is 200 cm³/mol. The minimum absolute atomic E-state index is 0.102. The van der Waals surface area contributed by atoms with Crippen LogP contribution in [0.5, 0.6) is 11.5 Å². The van der Waals surface area contributed by atoms with Crippen molar-refractivity contribution in [3.8, 4) is 11.5 Å². The van der Waals surface area contributed by atoms with Crippen LogP contribution in [0.15, 0.2) is 61.4 Å². The second-order valence-electron chi connectivity index (χ2n) is 13.8. The summed E-state index contributed by atoms with van der Waals surface area (Å²) < 4.78 is 17.1. The van der Waals surface area contributed by atoms with E-state index in [4.69, 9.17) is 19.3 Å². The number of carbonyl (C=O) groups excluding carboxylic acids is 1. The Hall–Kier alpha value is -3.09. The summed E-state index contributed by atoms with van der Waals surface area (Å²) in [5.74, 6) is 3.24. The van der Waals surface area contributed by atoms with E-state index >= 15 is 0 Å². The number of carbonyl (C=O) groups is 1. The molecule has 6 heteroatoms.